The molecular weight excluding hydrogens is 256 g/mol. The van der Waals surface area contributed by atoms with E-state index in [4.69, 9.17) is 0 Å². The van der Waals surface area contributed by atoms with E-state index in [2.05, 4.69) is 38.9 Å². The van der Waals surface area contributed by atoms with Crippen molar-refractivity contribution in [1.82, 2.24) is 9.78 Å². The molecular formula is C15H26N2OS. The summed E-state index contributed by atoms with van der Waals surface area (Å²) in [5, 5.41) is 15.7. The molecule has 0 aliphatic carbocycles. The lowest BCUT2D eigenvalue weighted by Crippen LogP contribution is -2.51. The van der Waals surface area contributed by atoms with Crippen LogP contribution in [0.3, 0.4) is 0 Å². The second-order valence-corrected chi connectivity index (χ2v) is 7.30. The first-order chi connectivity index (χ1) is 8.92. The van der Waals surface area contributed by atoms with Crippen LogP contribution in [0.15, 0.2) is 6.07 Å². The number of thioether (sulfide) groups is 1. The summed E-state index contributed by atoms with van der Waals surface area (Å²) in [6.45, 7) is 9.50. The van der Waals surface area contributed by atoms with Crippen molar-refractivity contribution >= 4 is 11.8 Å². The fourth-order valence-corrected chi connectivity index (χ4v) is 4.32. The minimum absolute atomic E-state index is 0.0204. The highest BCUT2D eigenvalue weighted by molar-refractivity contribution is 7.99. The van der Waals surface area contributed by atoms with E-state index in [1.54, 1.807) is 0 Å². The average Bonchev–Trinajstić information content (AvgIpc) is 2.75. The predicted octanol–water partition coefficient (Wildman–Crippen LogP) is 2.90. The number of aliphatic hydroxyl groups is 1. The molecule has 4 heteroatoms. The van der Waals surface area contributed by atoms with E-state index in [0.29, 0.717) is 6.42 Å². The molecule has 1 aromatic heterocycles. The lowest BCUT2D eigenvalue weighted by Gasteiger charge is -2.46. The smallest absolute Gasteiger partial charge is 0.0843 e. The molecule has 19 heavy (non-hydrogen) atoms. The number of rotatable bonds is 4. The van der Waals surface area contributed by atoms with E-state index < -0.39 is 5.60 Å². The molecule has 0 spiro atoms. The normalized spacial score (nSPS) is 26.6. The van der Waals surface area contributed by atoms with Gasteiger partial charge in [0.1, 0.15) is 0 Å². The van der Waals surface area contributed by atoms with Crippen LogP contribution in [0, 0.1) is 5.41 Å². The minimum Gasteiger partial charge on any atom is -0.388 e. The molecule has 2 rings (SSSR count). The van der Waals surface area contributed by atoms with Gasteiger partial charge in [0.2, 0.25) is 0 Å². The Morgan fingerprint density at radius 1 is 1.42 bits per heavy atom. The summed E-state index contributed by atoms with van der Waals surface area (Å²) in [5.41, 5.74) is 1.67. The van der Waals surface area contributed by atoms with Crippen LogP contribution in [0.2, 0.25) is 0 Å². The number of aryl methyl sites for hydroxylation is 2. The van der Waals surface area contributed by atoms with Gasteiger partial charge in [-0.05, 0) is 37.0 Å². The SMILES string of the molecule is CCc1cc(CC2(O)CSCCC2(C)C)n(CC)n1. The molecule has 1 atom stereocenters. The molecule has 3 nitrogen and oxygen atoms in total. The molecule has 0 radical (unpaired) electrons. The molecule has 1 unspecified atom stereocenters. The number of hydrogen-bond donors (Lipinski definition) is 1. The maximum absolute atomic E-state index is 11.1. The van der Waals surface area contributed by atoms with E-state index >= 15 is 0 Å². The highest BCUT2D eigenvalue weighted by atomic mass is 32.2. The second-order valence-electron chi connectivity index (χ2n) is 6.19. The fraction of sp³-hybridized carbons (Fsp3) is 0.800. The predicted molar refractivity (Wildman–Crippen MR) is 81.7 cm³/mol. The van der Waals surface area contributed by atoms with Crippen LogP contribution in [0.1, 0.15) is 45.5 Å². The van der Waals surface area contributed by atoms with Gasteiger partial charge in [-0.15, -0.1) is 0 Å². The van der Waals surface area contributed by atoms with Crippen molar-refractivity contribution in [3.05, 3.63) is 17.5 Å². The Hall–Kier alpha value is -0.480. The van der Waals surface area contributed by atoms with Crippen molar-refractivity contribution in [1.29, 1.82) is 0 Å². The van der Waals surface area contributed by atoms with Gasteiger partial charge in [-0.1, -0.05) is 20.8 Å². The van der Waals surface area contributed by atoms with Crippen LogP contribution in [0.25, 0.3) is 0 Å². The van der Waals surface area contributed by atoms with E-state index in [-0.39, 0.29) is 5.41 Å². The Labute approximate surface area is 120 Å². The minimum atomic E-state index is -0.617. The Morgan fingerprint density at radius 2 is 2.16 bits per heavy atom. The van der Waals surface area contributed by atoms with E-state index in [0.717, 1.165) is 36.6 Å². The summed E-state index contributed by atoms with van der Waals surface area (Å²) < 4.78 is 2.05. The first kappa shape index (κ1) is 14.9. The third kappa shape index (κ3) is 2.84. The summed E-state index contributed by atoms with van der Waals surface area (Å²) in [6.07, 6.45) is 2.75. The molecule has 108 valence electrons. The van der Waals surface area contributed by atoms with Gasteiger partial charge in [-0.2, -0.15) is 16.9 Å². The zero-order chi connectivity index (χ0) is 14.1. The van der Waals surface area contributed by atoms with Crippen molar-refractivity contribution < 1.29 is 5.11 Å². The molecule has 1 aromatic rings. The molecule has 1 N–H and O–H groups in total. The Kier molecular flexibility index (Phi) is 4.31. The quantitative estimate of drug-likeness (QED) is 0.923. The van der Waals surface area contributed by atoms with E-state index in [1.807, 2.05) is 16.4 Å². The standard InChI is InChI=1S/C15H26N2OS/c1-5-12-9-13(17(6-2)16-12)10-15(18)11-19-8-7-14(15,3)4/h9,18H,5-8,10-11H2,1-4H3. The molecule has 1 fully saturated rings. The molecule has 0 aromatic carbocycles. The molecule has 1 aliphatic rings. The van der Waals surface area contributed by atoms with Crippen molar-refractivity contribution in [2.75, 3.05) is 11.5 Å². The summed E-state index contributed by atoms with van der Waals surface area (Å²) in [6, 6.07) is 2.16. The zero-order valence-electron chi connectivity index (χ0n) is 12.6. The topological polar surface area (TPSA) is 38.0 Å². The number of hydrogen-bond acceptors (Lipinski definition) is 3. The lowest BCUT2D eigenvalue weighted by atomic mass is 9.71. The van der Waals surface area contributed by atoms with Crippen LogP contribution in [0.4, 0.5) is 0 Å². The molecule has 0 amide bonds. The Balaban J connectivity index is 2.26. The third-order valence-corrected chi connectivity index (χ3v) is 5.70. The number of nitrogens with zero attached hydrogens (tertiary/aromatic N) is 2. The Morgan fingerprint density at radius 3 is 2.74 bits per heavy atom. The lowest BCUT2D eigenvalue weighted by molar-refractivity contribution is -0.0526. The van der Waals surface area contributed by atoms with Gasteiger partial charge < -0.3 is 5.11 Å². The van der Waals surface area contributed by atoms with Gasteiger partial charge in [0, 0.05) is 24.4 Å². The number of aromatic nitrogens is 2. The molecule has 1 aliphatic heterocycles. The van der Waals surface area contributed by atoms with Gasteiger partial charge in [0.25, 0.3) is 0 Å². The van der Waals surface area contributed by atoms with Crippen molar-refractivity contribution in [3.8, 4) is 0 Å². The van der Waals surface area contributed by atoms with Gasteiger partial charge in [-0.3, -0.25) is 4.68 Å². The maximum Gasteiger partial charge on any atom is 0.0843 e. The summed E-state index contributed by atoms with van der Waals surface area (Å²) in [5.74, 6) is 1.99. The second kappa shape index (κ2) is 5.49. The summed E-state index contributed by atoms with van der Waals surface area (Å²) in [4.78, 5) is 0. The van der Waals surface area contributed by atoms with Crippen molar-refractivity contribution in [2.45, 2.75) is 59.1 Å². The van der Waals surface area contributed by atoms with Crippen LogP contribution in [0.5, 0.6) is 0 Å². The highest BCUT2D eigenvalue weighted by Gasteiger charge is 2.46. The van der Waals surface area contributed by atoms with E-state index in [1.165, 1.54) is 5.69 Å². The largest absolute Gasteiger partial charge is 0.388 e. The molecule has 0 bridgehead atoms. The van der Waals surface area contributed by atoms with Crippen molar-refractivity contribution in [2.24, 2.45) is 5.41 Å². The molecule has 1 saturated heterocycles. The van der Waals surface area contributed by atoms with Gasteiger partial charge in [-0.25, -0.2) is 0 Å². The van der Waals surface area contributed by atoms with E-state index in [9.17, 15) is 5.11 Å². The molecule has 0 saturated carbocycles. The van der Waals surface area contributed by atoms with Crippen LogP contribution >= 0.6 is 11.8 Å². The maximum atomic E-state index is 11.1. The molecule has 2 heterocycles. The summed E-state index contributed by atoms with van der Waals surface area (Å²) >= 11 is 1.87. The van der Waals surface area contributed by atoms with Gasteiger partial charge >= 0.3 is 0 Å². The van der Waals surface area contributed by atoms with Crippen LogP contribution < -0.4 is 0 Å². The monoisotopic (exact) mass is 282 g/mol. The van der Waals surface area contributed by atoms with Crippen molar-refractivity contribution in [3.63, 3.8) is 0 Å². The summed E-state index contributed by atoms with van der Waals surface area (Å²) in [7, 11) is 0. The zero-order valence-corrected chi connectivity index (χ0v) is 13.4. The van der Waals surface area contributed by atoms with Crippen LogP contribution in [-0.2, 0) is 19.4 Å². The van der Waals surface area contributed by atoms with Crippen LogP contribution in [-0.4, -0.2) is 32.0 Å². The first-order valence-electron chi connectivity index (χ1n) is 7.27. The third-order valence-electron chi connectivity index (χ3n) is 4.52. The average molecular weight is 282 g/mol. The Bertz CT molecular complexity index is 441. The fourth-order valence-electron chi connectivity index (χ4n) is 2.69. The highest BCUT2D eigenvalue weighted by Crippen LogP contribution is 2.44. The first-order valence-corrected chi connectivity index (χ1v) is 8.43. The van der Waals surface area contributed by atoms with Gasteiger partial charge in [0.05, 0.1) is 11.3 Å². The van der Waals surface area contributed by atoms with Gasteiger partial charge in [0.15, 0.2) is 0 Å².